The van der Waals surface area contributed by atoms with Crippen molar-refractivity contribution in [3.8, 4) is 0 Å². The Morgan fingerprint density at radius 2 is 2.17 bits per heavy atom. The summed E-state index contributed by atoms with van der Waals surface area (Å²) in [5.74, 6) is -0.00165. The molecule has 0 spiro atoms. The lowest BCUT2D eigenvalue weighted by atomic mass is 10.2. The van der Waals surface area contributed by atoms with E-state index in [-0.39, 0.29) is 23.5 Å². The van der Waals surface area contributed by atoms with Crippen LogP contribution < -0.4 is 0 Å². The molecule has 1 amide bonds. The van der Waals surface area contributed by atoms with Crippen LogP contribution in [-0.4, -0.2) is 48.8 Å². The topological polar surface area (TPSA) is 67.3 Å². The minimum Gasteiger partial charge on any atom is -0.336 e. The highest BCUT2D eigenvalue weighted by atomic mass is 32.2. The van der Waals surface area contributed by atoms with Gasteiger partial charge in [0, 0.05) is 18.8 Å². The first-order valence-corrected chi connectivity index (χ1v) is 7.62. The molecule has 1 aliphatic rings. The van der Waals surface area contributed by atoms with Crippen molar-refractivity contribution in [1.82, 2.24) is 9.88 Å². The molecule has 1 fully saturated rings. The van der Waals surface area contributed by atoms with Gasteiger partial charge < -0.3 is 4.90 Å². The highest BCUT2D eigenvalue weighted by Crippen LogP contribution is 2.18. The van der Waals surface area contributed by atoms with Gasteiger partial charge in [-0.1, -0.05) is 6.07 Å². The maximum atomic E-state index is 12.2. The van der Waals surface area contributed by atoms with Crippen LogP contribution in [0.1, 0.15) is 22.6 Å². The first-order valence-electron chi connectivity index (χ1n) is 5.80. The monoisotopic (exact) mass is 268 g/mol. The fraction of sp³-hybridized carbons (Fsp3) is 0.500. The molecule has 18 heavy (non-hydrogen) atoms. The third kappa shape index (κ3) is 2.69. The molecule has 2 rings (SSSR count). The van der Waals surface area contributed by atoms with E-state index < -0.39 is 9.84 Å². The maximum Gasteiger partial charge on any atom is 0.272 e. The molecule has 98 valence electrons. The van der Waals surface area contributed by atoms with Gasteiger partial charge in [0.2, 0.25) is 0 Å². The molecule has 0 unspecified atom stereocenters. The summed E-state index contributed by atoms with van der Waals surface area (Å²) in [7, 11) is -1.34. The second kappa shape index (κ2) is 4.68. The second-order valence-electron chi connectivity index (χ2n) is 4.64. The van der Waals surface area contributed by atoms with E-state index in [9.17, 15) is 13.2 Å². The molecule has 0 aliphatic carbocycles. The summed E-state index contributed by atoms with van der Waals surface area (Å²) in [5, 5.41) is 0. The van der Waals surface area contributed by atoms with Gasteiger partial charge in [-0.15, -0.1) is 0 Å². The standard InChI is InChI=1S/C12H16N2O3S/c1-9-4-3-5-11(13-9)12(15)14(2)10-6-7-18(16,17)8-10/h3-5,10H,6-8H2,1-2H3/t10-/m0/s1. The van der Waals surface area contributed by atoms with Crippen LogP contribution in [0, 0.1) is 6.92 Å². The number of pyridine rings is 1. The molecule has 1 aliphatic heterocycles. The van der Waals surface area contributed by atoms with Gasteiger partial charge in [-0.25, -0.2) is 13.4 Å². The predicted octanol–water partition coefficient (Wildman–Crippen LogP) is 0.649. The molecule has 2 heterocycles. The highest BCUT2D eigenvalue weighted by Gasteiger charge is 2.33. The Morgan fingerprint density at radius 1 is 1.44 bits per heavy atom. The zero-order valence-electron chi connectivity index (χ0n) is 10.5. The largest absolute Gasteiger partial charge is 0.336 e. The fourth-order valence-corrected chi connectivity index (χ4v) is 3.86. The molecular weight excluding hydrogens is 252 g/mol. The summed E-state index contributed by atoms with van der Waals surface area (Å²) >= 11 is 0. The molecule has 1 saturated heterocycles. The number of hydrogen-bond acceptors (Lipinski definition) is 4. The van der Waals surface area contributed by atoms with Crippen LogP contribution in [0.3, 0.4) is 0 Å². The summed E-state index contributed by atoms with van der Waals surface area (Å²) in [6.45, 7) is 1.82. The van der Waals surface area contributed by atoms with Gasteiger partial charge in [-0.05, 0) is 25.5 Å². The van der Waals surface area contributed by atoms with Crippen LogP contribution in [0.15, 0.2) is 18.2 Å². The zero-order chi connectivity index (χ0) is 13.3. The maximum absolute atomic E-state index is 12.2. The highest BCUT2D eigenvalue weighted by molar-refractivity contribution is 7.91. The lowest BCUT2D eigenvalue weighted by molar-refractivity contribution is 0.0741. The zero-order valence-corrected chi connectivity index (χ0v) is 11.3. The van der Waals surface area contributed by atoms with Crippen LogP contribution >= 0.6 is 0 Å². The predicted molar refractivity (Wildman–Crippen MR) is 68.1 cm³/mol. The molecule has 1 aromatic rings. The quantitative estimate of drug-likeness (QED) is 0.790. The minimum absolute atomic E-state index is 0.0566. The summed E-state index contributed by atoms with van der Waals surface area (Å²) in [5.41, 5.74) is 1.13. The molecule has 0 N–H and O–H groups in total. The van der Waals surface area contributed by atoms with Crippen molar-refractivity contribution in [2.45, 2.75) is 19.4 Å². The normalized spacial score (nSPS) is 21.8. The van der Waals surface area contributed by atoms with Gasteiger partial charge >= 0.3 is 0 Å². The van der Waals surface area contributed by atoms with Crippen molar-refractivity contribution in [2.75, 3.05) is 18.6 Å². The molecule has 0 radical (unpaired) electrons. The van der Waals surface area contributed by atoms with Crippen LogP contribution in [0.2, 0.25) is 0 Å². The molecule has 0 saturated carbocycles. The number of sulfone groups is 1. The van der Waals surface area contributed by atoms with E-state index in [2.05, 4.69) is 4.98 Å². The summed E-state index contributed by atoms with van der Waals surface area (Å²) in [6, 6.07) is 5.01. The Morgan fingerprint density at radius 3 is 2.72 bits per heavy atom. The van der Waals surface area contributed by atoms with Gasteiger partial charge in [0.25, 0.3) is 5.91 Å². The van der Waals surface area contributed by atoms with Crippen molar-refractivity contribution in [2.24, 2.45) is 0 Å². The average Bonchev–Trinajstić information content (AvgIpc) is 2.68. The van der Waals surface area contributed by atoms with Crippen molar-refractivity contribution in [1.29, 1.82) is 0 Å². The molecule has 1 aromatic heterocycles. The van der Waals surface area contributed by atoms with Crippen LogP contribution in [-0.2, 0) is 9.84 Å². The molecule has 6 heteroatoms. The van der Waals surface area contributed by atoms with Crippen LogP contribution in [0.4, 0.5) is 0 Å². The number of nitrogens with zero attached hydrogens (tertiary/aromatic N) is 2. The van der Waals surface area contributed by atoms with Gasteiger partial charge in [-0.2, -0.15) is 0 Å². The van der Waals surface area contributed by atoms with E-state index in [1.165, 1.54) is 4.90 Å². The summed E-state index contributed by atoms with van der Waals surface area (Å²) in [6.07, 6.45) is 0.510. The molecule has 1 atom stereocenters. The summed E-state index contributed by atoms with van der Waals surface area (Å²) in [4.78, 5) is 17.8. The van der Waals surface area contributed by atoms with E-state index in [1.807, 2.05) is 13.0 Å². The molecule has 0 bridgehead atoms. The number of aryl methyl sites for hydroxylation is 1. The first kappa shape index (κ1) is 13.0. The van der Waals surface area contributed by atoms with Gasteiger partial charge in [0.1, 0.15) is 5.69 Å². The van der Waals surface area contributed by atoms with E-state index in [0.717, 1.165) is 5.69 Å². The molecule has 0 aromatic carbocycles. The van der Waals surface area contributed by atoms with Crippen molar-refractivity contribution in [3.63, 3.8) is 0 Å². The molecular formula is C12H16N2O3S. The SMILES string of the molecule is Cc1cccc(C(=O)N(C)[C@H]2CCS(=O)(=O)C2)n1. The second-order valence-corrected chi connectivity index (χ2v) is 6.87. The van der Waals surface area contributed by atoms with Crippen LogP contribution in [0.25, 0.3) is 0 Å². The lowest BCUT2D eigenvalue weighted by Gasteiger charge is -2.23. The average molecular weight is 268 g/mol. The van der Waals surface area contributed by atoms with E-state index >= 15 is 0 Å². The van der Waals surface area contributed by atoms with Crippen molar-refractivity contribution >= 4 is 15.7 Å². The van der Waals surface area contributed by atoms with E-state index in [1.54, 1.807) is 19.2 Å². The number of rotatable bonds is 2. The summed E-state index contributed by atoms with van der Waals surface area (Å²) < 4.78 is 22.8. The van der Waals surface area contributed by atoms with E-state index in [0.29, 0.717) is 12.1 Å². The Hall–Kier alpha value is -1.43. The molecule has 5 nitrogen and oxygen atoms in total. The van der Waals surface area contributed by atoms with Crippen LogP contribution in [0.5, 0.6) is 0 Å². The van der Waals surface area contributed by atoms with Gasteiger partial charge in [0.15, 0.2) is 9.84 Å². The first-order chi connectivity index (χ1) is 8.39. The lowest BCUT2D eigenvalue weighted by Crippen LogP contribution is -2.38. The van der Waals surface area contributed by atoms with Gasteiger partial charge in [0.05, 0.1) is 11.5 Å². The Bertz CT molecular complexity index is 568. The van der Waals surface area contributed by atoms with E-state index in [4.69, 9.17) is 0 Å². The smallest absolute Gasteiger partial charge is 0.272 e. The fourth-order valence-electron chi connectivity index (χ4n) is 2.09. The Balaban J connectivity index is 2.15. The number of carbonyl (C=O) groups excluding carboxylic acids is 1. The minimum atomic E-state index is -2.98. The number of aromatic nitrogens is 1. The van der Waals surface area contributed by atoms with Gasteiger partial charge in [-0.3, -0.25) is 4.79 Å². The number of hydrogen-bond donors (Lipinski definition) is 0. The van der Waals surface area contributed by atoms with Crippen molar-refractivity contribution in [3.05, 3.63) is 29.6 Å². The Kier molecular flexibility index (Phi) is 3.38. The van der Waals surface area contributed by atoms with Crippen molar-refractivity contribution < 1.29 is 13.2 Å². The third-order valence-corrected chi connectivity index (χ3v) is 4.93. The number of amides is 1. The Labute approximate surface area is 107 Å². The number of carbonyl (C=O) groups is 1. The third-order valence-electron chi connectivity index (χ3n) is 3.18.